The Bertz CT molecular complexity index is 708. The predicted octanol–water partition coefficient (Wildman–Crippen LogP) is 3.06. The van der Waals surface area contributed by atoms with E-state index in [-0.39, 0.29) is 31.1 Å². The summed E-state index contributed by atoms with van der Waals surface area (Å²) in [5.74, 6) is -0.328. The van der Waals surface area contributed by atoms with Crippen molar-refractivity contribution in [2.24, 2.45) is 0 Å². The molecule has 5 nitrogen and oxygen atoms in total. The Labute approximate surface area is 135 Å². The van der Waals surface area contributed by atoms with E-state index >= 15 is 0 Å². The molecule has 2 aromatic carbocycles. The lowest BCUT2D eigenvalue weighted by atomic mass is 9.98. The summed E-state index contributed by atoms with van der Waals surface area (Å²) in [5.41, 5.74) is 0.875. The quantitative estimate of drug-likeness (QED) is 0.605. The zero-order valence-electron chi connectivity index (χ0n) is 13.5. The van der Waals surface area contributed by atoms with E-state index < -0.39 is 0 Å². The Balaban J connectivity index is 2.03. The van der Waals surface area contributed by atoms with Gasteiger partial charge in [0.1, 0.15) is 19.0 Å². The predicted molar refractivity (Wildman–Crippen MR) is 86.5 cm³/mol. The third kappa shape index (κ3) is 4.45. The van der Waals surface area contributed by atoms with Gasteiger partial charge >= 0.3 is 11.9 Å². The zero-order chi connectivity index (χ0) is 16.8. The highest BCUT2D eigenvalue weighted by Crippen LogP contribution is 2.25. The SMILES string of the molecule is COc1ccc2cc(C(C)C(=O)OCCOC(C)=O)ccc2c1. The number of hydrogen-bond acceptors (Lipinski definition) is 5. The van der Waals surface area contributed by atoms with Crippen LogP contribution in [0.5, 0.6) is 5.75 Å². The summed E-state index contributed by atoms with van der Waals surface area (Å²) in [6, 6.07) is 11.6. The summed E-state index contributed by atoms with van der Waals surface area (Å²) in [5, 5.41) is 2.08. The van der Waals surface area contributed by atoms with Crippen LogP contribution in [0.15, 0.2) is 36.4 Å². The first-order valence-corrected chi connectivity index (χ1v) is 7.39. The molecule has 0 aromatic heterocycles. The third-order valence-electron chi connectivity index (χ3n) is 3.56. The van der Waals surface area contributed by atoms with Crippen LogP contribution in [0.1, 0.15) is 25.3 Å². The Morgan fingerprint density at radius 3 is 2.35 bits per heavy atom. The largest absolute Gasteiger partial charge is 0.497 e. The van der Waals surface area contributed by atoms with Gasteiger partial charge in [-0.25, -0.2) is 0 Å². The van der Waals surface area contributed by atoms with Crippen molar-refractivity contribution in [3.63, 3.8) is 0 Å². The van der Waals surface area contributed by atoms with Crippen LogP contribution >= 0.6 is 0 Å². The van der Waals surface area contributed by atoms with E-state index in [1.54, 1.807) is 14.0 Å². The second-order valence-electron chi connectivity index (χ2n) is 5.20. The van der Waals surface area contributed by atoms with Gasteiger partial charge in [0, 0.05) is 6.92 Å². The molecule has 2 aromatic rings. The van der Waals surface area contributed by atoms with Crippen LogP contribution in [0.3, 0.4) is 0 Å². The summed E-state index contributed by atoms with van der Waals surface area (Å²) in [6.07, 6.45) is 0. The standard InChI is InChI=1S/C18H20O5/c1-12(18(20)23-9-8-22-13(2)19)14-4-5-16-11-17(21-3)7-6-15(16)10-14/h4-7,10-12H,8-9H2,1-3H3. The Morgan fingerprint density at radius 1 is 1.00 bits per heavy atom. The highest BCUT2D eigenvalue weighted by atomic mass is 16.6. The van der Waals surface area contributed by atoms with Crippen molar-refractivity contribution >= 4 is 22.7 Å². The van der Waals surface area contributed by atoms with E-state index in [4.69, 9.17) is 14.2 Å². The first-order valence-electron chi connectivity index (χ1n) is 7.39. The van der Waals surface area contributed by atoms with Gasteiger partial charge in [0.15, 0.2) is 0 Å². The summed E-state index contributed by atoms with van der Waals surface area (Å²) in [4.78, 5) is 22.7. The van der Waals surface area contributed by atoms with Crippen molar-refractivity contribution < 1.29 is 23.8 Å². The molecule has 0 saturated carbocycles. The summed E-state index contributed by atoms with van der Waals surface area (Å²) in [7, 11) is 1.63. The Hall–Kier alpha value is -2.56. The Kier molecular flexibility index (Phi) is 5.57. The molecule has 1 unspecified atom stereocenters. The number of benzene rings is 2. The lowest BCUT2D eigenvalue weighted by Gasteiger charge is -2.13. The van der Waals surface area contributed by atoms with Gasteiger partial charge in [-0.2, -0.15) is 0 Å². The molecule has 122 valence electrons. The van der Waals surface area contributed by atoms with Crippen LogP contribution in [0, 0.1) is 0 Å². The molecule has 0 saturated heterocycles. The molecular weight excluding hydrogens is 296 g/mol. The molecule has 0 heterocycles. The number of hydrogen-bond donors (Lipinski definition) is 0. The van der Waals surface area contributed by atoms with Gasteiger partial charge in [0.05, 0.1) is 13.0 Å². The summed E-state index contributed by atoms with van der Waals surface area (Å²) < 4.78 is 15.1. The third-order valence-corrected chi connectivity index (χ3v) is 3.56. The van der Waals surface area contributed by atoms with Crippen LogP contribution in [-0.2, 0) is 19.1 Å². The maximum atomic E-state index is 12.0. The number of methoxy groups -OCH3 is 1. The normalized spacial score (nSPS) is 11.8. The minimum absolute atomic E-state index is 0.0630. The van der Waals surface area contributed by atoms with E-state index in [0.29, 0.717) is 0 Å². The highest BCUT2D eigenvalue weighted by molar-refractivity contribution is 5.86. The van der Waals surface area contributed by atoms with E-state index in [9.17, 15) is 9.59 Å². The topological polar surface area (TPSA) is 61.8 Å². The molecule has 0 amide bonds. The fourth-order valence-electron chi connectivity index (χ4n) is 2.23. The number of carbonyl (C=O) groups excluding carboxylic acids is 2. The minimum atomic E-state index is -0.390. The molecule has 0 radical (unpaired) electrons. The van der Waals surface area contributed by atoms with Crippen molar-refractivity contribution in [3.05, 3.63) is 42.0 Å². The molecule has 0 bridgehead atoms. The van der Waals surface area contributed by atoms with Gasteiger partial charge < -0.3 is 14.2 Å². The van der Waals surface area contributed by atoms with Crippen molar-refractivity contribution in [2.45, 2.75) is 19.8 Å². The fourth-order valence-corrected chi connectivity index (χ4v) is 2.23. The molecule has 0 aliphatic carbocycles. The van der Waals surface area contributed by atoms with E-state index in [1.807, 2.05) is 36.4 Å². The smallest absolute Gasteiger partial charge is 0.313 e. The molecule has 1 atom stereocenters. The maximum absolute atomic E-state index is 12.0. The second kappa shape index (κ2) is 7.63. The minimum Gasteiger partial charge on any atom is -0.497 e. The van der Waals surface area contributed by atoms with Gasteiger partial charge in [-0.1, -0.05) is 24.3 Å². The van der Waals surface area contributed by atoms with Crippen molar-refractivity contribution in [1.82, 2.24) is 0 Å². The average molecular weight is 316 g/mol. The lowest BCUT2D eigenvalue weighted by Crippen LogP contribution is -2.17. The van der Waals surface area contributed by atoms with E-state index in [0.717, 1.165) is 22.1 Å². The van der Waals surface area contributed by atoms with E-state index in [1.165, 1.54) is 6.92 Å². The van der Waals surface area contributed by atoms with Crippen molar-refractivity contribution in [1.29, 1.82) is 0 Å². The Morgan fingerprint density at radius 2 is 1.65 bits per heavy atom. The van der Waals surface area contributed by atoms with Gasteiger partial charge in [0.25, 0.3) is 0 Å². The summed E-state index contributed by atoms with van der Waals surface area (Å²) >= 11 is 0. The molecule has 2 rings (SSSR count). The van der Waals surface area contributed by atoms with Crippen LogP contribution < -0.4 is 4.74 Å². The van der Waals surface area contributed by atoms with Gasteiger partial charge in [-0.15, -0.1) is 0 Å². The van der Waals surface area contributed by atoms with Gasteiger partial charge in [-0.3, -0.25) is 9.59 Å². The lowest BCUT2D eigenvalue weighted by molar-refractivity contribution is -0.151. The van der Waals surface area contributed by atoms with Gasteiger partial charge in [-0.05, 0) is 35.4 Å². The maximum Gasteiger partial charge on any atom is 0.313 e. The van der Waals surface area contributed by atoms with Crippen LogP contribution in [-0.4, -0.2) is 32.3 Å². The molecule has 0 aliphatic rings. The molecule has 0 aliphatic heterocycles. The number of carbonyl (C=O) groups is 2. The number of rotatable bonds is 6. The number of fused-ring (bicyclic) bond motifs is 1. The molecular formula is C18H20O5. The average Bonchev–Trinajstić information content (AvgIpc) is 2.56. The molecule has 5 heteroatoms. The number of ether oxygens (including phenoxy) is 3. The summed E-state index contributed by atoms with van der Waals surface area (Å²) in [6.45, 7) is 3.24. The van der Waals surface area contributed by atoms with Crippen molar-refractivity contribution in [2.75, 3.05) is 20.3 Å². The van der Waals surface area contributed by atoms with Crippen LogP contribution in [0.25, 0.3) is 10.8 Å². The molecule has 0 spiro atoms. The molecule has 0 N–H and O–H groups in total. The van der Waals surface area contributed by atoms with Gasteiger partial charge in [0.2, 0.25) is 0 Å². The fraction of sp³-hybridized carbons (Fsp3) is 0.333. The first-order chi connectivity index (χ1) is 11.0. The number of esters is 2. The first kappa shape index (κ1) is 16.8. The zero-order valence-corrected chi connectivity index (χ0v) is 13.5. The second-order valence-corrected chi connectivity index (χ2v) is 5.20. The molecule has 23 heavy (non-hydrogen) atoms. The van der Waals surface area contributed by atoms with E-state index in [2.05, 4.69) is 0 Å². The molecule has 0 fully saturated rings. The monoisotopic (exact) mass is 316 g/mol. The highest BCUT2D eigenvalue weighted by Gasteiger charge is 2.17. The van der Waals surface area contributed by atoms with Crippen molar-refractivity contribution in [3.8, 4) is 5.75 Å². The van der Waals surface area contributed by atoms with Crippen LogP contribution in [0.4, 0.5) is 0 Å². The van der Waals surface area contributed by atoms with Crippen LogP contribution in [0.2, 0.25) is 0 Å².